The lowest BCUT2D eigenvalue weighted by Gasteiger charge is -2.22. The molecular formula is C17H18N2OS. The van der Waals surface area contributed by atoms with Gasteiger partial charge >= 0.3 is 0 Å². The second-order valence-electron chi connectivity index (χ2n) is 5.11. The van der Waals surface area contributed by atoms with Crippen LogP contribution in [0.25, 0.3) is 10.2 Å². The van der Waals surface area contributed by atoms with E-state index in [9.17, 15) is 5.11 Å². The standard InChI is InChI=1S/C17H18N2OS/c1-12(14-9-17-15(18-10-14)7-8-21-17)19-16(11-20)13-5-3-2-4-6-13/h2-10,12,16,19-20H,11H2,1H3. The van der Waals surface area contributed by atoms with Crippen LogP contribution in [-0.4, -0.2) is 16.7 Å². The zero-order valence-corrected chi connectivity index (χ0v) is 12.7. The molecule has 2 heterocycles. The molecule has 2 aromatic heterocycles. The molecule has 1 aromatic carbocycles. The highest BCUT2D eigenvalue weighted by atomic mass is 32.1. The van der Waals surface area contributed by atoms with Gasteiger partial charge in [0.05, 0.1) is 22.9 Å². The quantitative estimate of drug-likeness (QED) is 0.755. The maximum atomic E-state index is 9.64. The van der Waals surface area contributed by atoms with Gasteiger partial charge in [-0.15, -0.1) is 11.3 Å². The number of fused-ring (bicyclic) bond motifs is 1. The largest absolute Gasteiger partial charge is 0.394 e. The van der Waals surface area contributed by atoms with Crippen molar-refractivity contribution < 1.29 is 5.11 Å². The molecule has 0 radical (unpaired) electrons. The first-order valence-electron chi connectivity index (χ1n) is 7.03. The molecule has 21 heavy (non-hydrogen) atoms. The average molecular weight is 298 g/mol. The fraction of sp³-hybridized carbons (Fsp3) is 0.235. The number of aromatic nitrogens is 1. The van der Waals surface area contributed by atoms with Crippen molar-refractivity contribution >= 4 is 21.6 Å². The number of hydrogen-bond acceptors (Lipinski definition) is 4. The van der Waals surface area contributed by atoms with Gasteiger partial charge in [-0.2, -0.15) is 0 Å². The Balaban J connectivity index is 1.79. The summed E-state index contributed by atoms with van der Waals surface area (Å²) in [6.07, 6.45) is 1.91. The van der Waals surface area contributed by atoms with Gasteiger partial charge in [-0.25, -0.2) is 0 Å². The molecule has 0 aliphatic carbocycles. The summed E-state index contributed by atoms with van der Waals surface area (Å²) in [6.45, 7) is 2.17. The molecule has 3 nitrogen and oxygen atoms in total. The number of nitrogens with one attached hydrogen (secondary N) is 1. The average Bonchev–Trinajstić information content (AvgIpc) is 3.00. The molecule has 0 bridgehead atoms. The first-order chi connectivity index (χ1) is 10.3. The normalized spacial score (nSPS) is 14.2. The summed E-state index contributed by atoms with van der Waals surface area (Å²) in [5.74, 6) is 0. The molecule has 108 valence electrons. The van der Waals surface area contributed by atoms with Crippen LogP contribution < -0.4 is 5.32 Å². The van der Waals surface area contributed by atoms with E-state index in [0.717, 1.165) is 16.6 Å². The van der Waals surface area contributed by atoms with Crippen LogP contribution in [0, 0.1) is 0 Å². The molecule has 3 aromatic rings. The number of benzene rings is 1. The second kappa shape index (κ2) is 6.35. The van der Waals surface area contributed by atoms with Crippen molar-refractivity contribution in [1.29, 1.82) is 0 Å². The van der Waals surface area contributed by atoms with Gasteiger partial charge in [-0.05, 0) is 35.6 Å². The van der Waals surface area contributed by atoms with E-state index in [4.69, 9.17) is 0 Å². The van der Waals surface area contributed by atoms with Crippen molar-refractivity contribution in [2.75, 3.05) is 6.61 Å². The molecule has 2 N–H and O–H groups in total. The maximum Gasteiger partial charge on any atom is 0.0809 e. The van der Waals surface area contributed by atoms with Gasteiger partial charge < -0.3 is 10.4 Å². The van der Waals surface area contributed by atoms with Crippen molar-refractivity contribution in [3.05, 3.63) is 65.2 Å². The maximum absolute atomic E-state index is 9.64. The third-order valence-corrected chi connectivity index (χ3v) is 4.51. The number of pyridine rings is 1. The van der Waals surface area contributed by atoms with Crippen LogP contribution >= 0.6 is 11.3 Å². The van der Waals surface area contributed by atoms with Crippen LogP contribution in [0.4, 0.5) is 0 Å². The van der Waals surface area contributed by atoms with Crippen molar-refractivity contribution in [2.24, 2.45) is 0 Å². The molecule has 2 atom stereocenters. The van der Waals surface area contributed by atoms with E-state index in [1.165, 1.54) is 4.70 Å². The summed E-state index contributed by atoms with van der Waals surface area (Å²) in [7, 11) is 0. The predicted molar refractivity (Wildman–Crippen MR) is 87.4 cm³/mol. The van der Waals surface area contributed by atoms with Gasteiger partial charge in [0.1, 0.15) is 0 Å². The third kappa shape index (κ3) is 3.13. The zero-order chi connectivity index (χ0) is 14.7. The van der Waals surface area contributed by atoms with Crippen LogP contribution in [0.2, 0.25) is 0 Å². The van der Waals surface area contributed by atoms with Gasteiger partial charge in [-0.1, -0.05) is 30.3 Å². The molecule has 3 rings (SSSR count). The first kappa shape index (κ1) is 14.2. The van der Waals surface area contributed by atoms with Crippen molar-refractivity contribution in [3.8, 4) is 0 Å². The minimum atomic E-state index is -0.0692. The van der Waals surface area contributed by atoms with Crippen LogP contribution in [-0.2, 0) is 0 Å². The smallest absolute Gasteiger partial charge is 0.0809 e. The van der Waals surface area contributed by atoms with Gasteiger partial charge in [0.25, 0.3) is 0 Å². The number of nitrogens with zero attached hydrogens (tertiary/aromatic N) is 1. The Bertz CT molecular complexity index is 711. The molecule has 0 spiro atoms. The molecule has 0 amide bonds. The molecule has 0 aliphatic heterocycles. The van der Waals surface area contributed by atoms with Gasteiger partial charge in [0.2, 0.25) is 0 Å². The first-order valence-corrected chi connectivity index (χ1v) is 7.91. The summed E-state index contributed by atoms with van der Waals surface area (Å²) in [5.41, 5.74) is 3.27. The number of aliphatic hydroxyl groups excluding tert-OH is 1. The van der Waals surface area contributed by atoms with Crippen LogP contribution in [0.1, 0.15) is 30.1 Å². The Morgan fingerprint density at radius 3 is 2.76 bits per heavy atom. The van der Waals surface area contributed by atoms with Crippen LogP contribution in [0.15, 0.2) is 54.0 Å². The van der Waals surface area contributed by atoms with E-state index in [0.29, 0.717) is 0 Å². The Hall–Kier alpha value is -1.75. The van der Waals surface area contributed by atoms with E-state index in [-0.39, 0.29) is 18.7 Å². The Morgan fingerprint density at radius 1 is 1.19 bits per heavy atom. The molecule has 0 saturated heterocycles. The van der Waals surface area contributed by atoms with Crippen LogP contribution in [0.5, 0.6) is 0 Å². The molecule has 0 aliphatic rings. The fourth-order valence-corrected chi connectivity index (χ4v) is 3.23. The molecule has 4 heteroatoms. The summed E-state index contributed by atoms with van der Waals surface area (Å²) in [4.78, 5) is 4.48. The minimum Gasteiger partial charge on any atom is -0.394 e. The number of rotatable bonds is 5. The molecule has 2 unspecified atom stereocenters. The fourth-order valence-electron chi connectivity index (χ4n) is 2.44. The predicted octanol–water partition coefficient (Wildman–Crippen LogP) is 3.68. The lowest BCUT2D eigenvalue weighted by Crippen LogP contribution is -2.27. The lowest BCUT2D eigenvalue weighted by atomic mass is 10.0. The number of thiophene rings is 1. The highest BCUT2D eigenvalue weighted by Crippen LogP contribution is 2.24. The van der Waals surface area contributed by atoms with E-state index in [2.05, 4.69) is 28.7 Å². The number of aliphatic hydroxyl groups is 1. The number of hydrogen-bond donors (Lipinski definition) is 2. The highest BCUT2D eigenvalue weighted by molar-refractivity contribution is 7.17. The van der Waals surface area contributed by atoms with Gasteiger partial charge in [0.15, 0.2) is 0 Å². The van der Waals surface area contributed by atoms with Gasteiger partial charge in [-0.3, -0.25) is 4.98 Å². The SMILES string of the molecule is CC(NC(CO)c1ccccc1)c1cnc2ccsc2c1. The van der Waals surface area contributed by atoms with E-state index in [1.54, 1.807) is 11.3 Å². The van der Waals surface area contributed by atoms with Crippen molar-refractivity contribution in [2.45, 2.75) is 19.0 Å². The Kier molecular flexibility index (Phi) is 4.29. The van der Waals surface area contributed by atoms with Gasteiger partial charge in [0, 0.05) is 12.2 Å². The Morgan fingerprint density at radius 2 is 2.00 bits per heavy atom. The molecular weight excluding hydrogens is 280 g/mol. The summed E-state index contributed by atoms with van der Waals surface area (Å²) in [5, 5.41) is 15.2. The monoisotopic (exact) mass is 298 g/mol. The summed E-state index contributed by atoms with van der Waals surface area (Å²) < 4.78 is 1.20. The zero-order valence-electron chi connectivity index (χ0n) is 11.9. The minimum absolute atomic E-state index is 0.0692. The van der Waals surface area contributed by atoms with Crippen molar-refractivity contribution in [3.63, 3.8) is 0 Å². The summed E-state index contributed by atoms with van der Waals surface area (Å²) >= 11 is 1.70. The van der Waals surface area contributed by atoms with E-state index < -0.39 is 0 Å². The summed E-state index contributed by atoms with van der Waals surface area (Å²) in [6, 6.07) is 14.3. The van der Waals surface area contributed by atoms with Crippen molar-refractivity contribution in [1.82, 2.24) is 10.3 Å². The molecule has 0 saturated carbocycles. The van der Waals surface area contributed by atoms with E-state index in [1.807, 2.05) is 42.6 Å². The third-order valence-electron chi connectivity index (χ3n) is 3.66. The highest BCUT2D eigenvalue weighted by Gasteiger charge is 2.15. The topological polar surface area (TPSA) is 45.1 Å². The second-order valence-corrected chi connectivity index (χ2v) is 6.05. The lowest BCUT2D eigenvalue weighted by molar-refractivity contribution is 0.235. The van der Waals surface area contributed by atoms with E-state index >= 15 is 0 Å². The Labute approximate surface area is 128 Å². The molecule has 0 fully saturated rings. The van der Waals surface area contributed by atoms with Crippen LogP contribution in [0.3, 0.4) is 0 Å².